The molecule has 0 bridgehead atoms. The number of unbranched alkanes of at least 4 members (excludes halogenated alkanes) is 3. The molecular weight excluding hydrogens is 312 g/mol. The first kappa shape index (κ1) is 18.0. The number of esters is 1. The fourth-order valence-corrected chi connectivity index (χ4v) is 3.38. The minimum absolute atomic E-state index is 0.0805. The molecule has 0 amide bonds. The summed E-state index contributed by atoms with van der Waals surface area (Å²) < 4.78 is 28.5. The molecule has 4 nitrogen and oxygen atoms in total. The van der Waals surface area contributed by atoms with E-state index in [1.54, 1.807) is 6.07 Å². The summed E-state index contributed by atoms with van der Waals surface area (Å²) in [5.74, 6) is -0.637. The second-order valence-electron chi connectivity index (χ2n) is 5.01. The van der Waals surface area contributed by atoms with E-state index in [1.807, 2.05) is 0 Å². The maximum Gasteiger partial charge on any atom is 0.339 e. The van der Waals surface area contributed by atoms with Crippen molar-refractivity contribution in [3.8, 4) is 0 Å². The Labute approximate surface area is 131 Å². The molecule has 0 aliphatic heterocycles. The predicted molar refractivity (Wildman–Crippen MR) is 83.7 cm³/mol. The summed E-state index contributed by atoms with van der Waals surface area (Å²) >= 11 is 6.07. The molecule has 0 radical (unpaired) electrons. The van der Waals surface area contributed by atoms with E-state index in [9.17, 15) is 13.2 Å². The number of aryl methyl sites for hydroxylation is 1. The zero-order valence-electron chi connectivity index (χ0n) is 12.6. The third-order valence-electron chi connectivity index (χ3n) is 3.25. The minimum atomic E-state index is -3.42. The van der Waals surface area contributed by atoms with E-state index in [1.165, 1.54) is 13.2 Å². The average molecular weight is 333 g/mol. The Bertz CT molecular complexity index is 608. The van der Waals surface area contributed by atoms with E-state index in [0.29, 0.717) is 12.0 Å². The highest BCUT2D eigenvalue weighted by Gasteiger charge is 2.20. The van der Waals surface area contributed by atoms with Gasteiger partial charge in [0, 0.05) is 6.26 Å². The molecule has 0 atom stereocenters. The van der Waals surface area contributed by atoms with Gasteiger partial charge in [-0.1, -0.05) is 37.8 Å². The number of hydrogen-bond donors (Lipinski definition) is 0. The summed E-state index contributed by atoms with van der Waals surface area (Å²) in [6, 6.07) is 2.88. The molecule has 0 aliphatic carbocycles. The molecule has 0 spiro atoms. The van der Waals surface area contributed by atoms with Gasteiger partial charge >= 0.3 is 5.97 Å². The number of halogens is 1. The van der Waals surface area contributed by atoms with Crippen LogP contribution in [0.5, 0.6) is 0 Å². The van der Waals surface area contributed by atoms with Crippen molar-refractivity contribution in [3.63, 3.8) is 0 Å². The molecule has 1 aromatic rings. The van der Waals surface area contributed by atoms with Crippen LogP contribution in [-0.4, -0.2) is 27.8 Å². The molecule has 1 aromatic carbocycles. The van der Waals surface area contributed by atoms with Gasteiger partial charge in [-0.15, -0.1) is 0 Å². The fourth-order valence-electron chi connectivity index (χ4n) is 2.14. The zero-order valence-corrected chi connectivity index (χ0v) is 14.2. The van der Waals surface area contributed by atoms with Crippen LogP contribution in [-0.2, 0) is 21.0 Å². The highest BCUT2D eigenvalue weighted by Crippen LogP contribution is 2.27. The highest BCUT2D eigenvalue weighted by atomic mass is 35.5. The number of sulfone groups is 1. The molecule has 1 rings (SSSR count). The first-order chi connectivity index (χ1) is 9.81. The van der Waals surface area contributed by atoms with Gasteiger partial charge in [0.25, 0.3) is 0 Å². The van der Waals surface area contributed by atoms with Gasteiger partial charge in [0.1, 0.15) is 0 Å². The van der Waals surface area contributed by atoms with E-state index in [2.05, 4.69) is 11.7 Å². The van der Waals surface area contributed by atoms with Crippen LogP contribution in [0, 0.1) is 0 Å². The van der Waals surface area contributed by atoms with E-state index in [4.69, 9.17) is 11.6 Å². The van der Waals surface area contributed by atoms with Crippen LogP contribution in [0.4, 0.5) is 0 Å². The average Bonchev–Trinajstić information content (AvgIpc) is 2.41. The van der Waals surface area contributed by atoms with Gasteiger partial charge in [0.05, 0.1) is 22.6 Å². The van der Waals surface area contributed by atoms with Crippen LogP contribution >= 0.6 is 11.6 Å². The van der Waals surface area contributed by atoms with Gasteiger partial charge in [-0.2, -0.15) is 0 Å². The first-order valence-electron chi connectivity index (χ1n) is 6.92. The number of hydrogen-bond acceptors (Lipinski definition) is 4. The fraction of sp³-hybridized carbons (Fsp3) is 0.533. The first-order valence-corrected chi connectivity index (χ1v) is 9.19. The van der Waals surface area contributed by atoms with Crippen molar-refractivity contribution in [2.24, 2.45) is 0 Å². The molecule has 0 saturated carbocycles. The van der Waals surface area contributed by atoms with Crippen LogP contribution in [0.3, 0.4) is 0 Å². The number of benzene rings is 1. The Balaban J connectivity index is 3.18. The molecule has 0 aromatic heterocycles. The van der Waals surface area contributed by atoms with Crippen LogP contribution in [0.25, 0.3) is 0 Å². The van der Waals surface area contributed by atoms with Crippen LogP contribution in [0.2, 0.25) is 5.02 Å². The number of ether oxygens (including phenoxy) is 1. The van der Waals surface area contributed by atoms with Crippen molar-refractivity contribution in [2.75, 3.05) is 13.4 Å². The molecule has 0 unspecified atom stereocenters. The lowest BCUT2D eigenvalue weighted by atomic mass is 10.0. The molecule has 0 saturated heterocycles. The number of methoxy groups -OCH3 is 1. The Morgan fingerprint density at radius 3 is 2.43 bits per heavy atom. The van der Waals surface area contributed by atoms with Gasteiger partial charge in [-0.3, -0.25) is 0 Å². The summed E-state index contributed by atoms with van der Waals surface area (Å²) in [4.78, 5) is 11.8. The lowest BCUT2D eigenvalue weighted by molar-refractivity contribution is 0.0600. The summed E-state index contributed by atoms with van der Waals surface area (Å²) in [5.41, 5.74) is 0.739. The van der Waals surface area contributed by atoms with E-state index < -0.39 is 15.8 Å². The van der Waals surface area contributed by atoms with Crippen molar-refractivity contribution in [1.29, 1.82) is 0 Å². The second-order valence-corrected chi connectivity index (χ2v) is 7.41. The van der Waals surface area contributed by atoms with Crippen molar-refractivity contribution in [2.45, 2.75) is 43.9 Å². The SMILES string of the molecule is CCCCCCc1cc(Cl)c(C(=O)OC)cc1S(C)(=O)=O. The van der Waals surface area contributed by atoms with E-state index in [0.717, 1.165) is 31.9 Å². The Kier molecular flexibility index (Phi) is 6.68. The maximum absolute atomic E-state index is 11.9. The smallest absolute Gasteiger partial charge is 0.339 e. The highest BCUT2D eigenvalue weighted by molar-refractivity contribution is 7.90. The Morgan fingerprint density at radius 2 is 1.90 bits per heavy atom. The molecule has 6 heteroatoms. The number of carbonyl (C=O) groups excluding carboxylic acids is 1. The van der Waals surface area contributed by atoms with Crippen LogP contribution in [0.1, 0.15) is 48.5 Å². The van der Waals surface area contributed by atoms with Gasteiger partial charge in [-0.05, 0) is 30.5 Å². The van der Waals surface area contributed by atoms with Gasteiger partial charge in [0.15, 0.2) is 9.84 Å². The van der Waals surface area contributed by atoms with Crippen LogP contribution < -0.4 is 0 Å². The molecule has 0 aliphatic rings. The quantitative estimate of drug-likeness (QED) is 0.565. The summed E-state index contributed by atoms with van der Waals surface area (Å²) in [6.45, 7) is 2.12. The lowest BCUT2D eigenvalue weighted by Gasteiger charge is -2.11. The molecule has 21 heavy (non-hydrogen) atoms. The van der Waals surface area contributed by atoms with Crippen molar-refractivity contribution >= 4 is 27.4 Å². The zero-order chi connectivity index (χ0) is 16.0. The molecule has 118 valence electrons. The number of carbonyl (C=O) groups is 1. The third kappa shape index (κ3) is 5.00. The van der Waals surface area contributed by atoms with Gasteiger partial charge in [-0.25, -0.2) is 13.2 Å². The topological polar surface area (TPSA) is 60.4 Å². The largest absolute Gasteiger partial charge is 0.465 e. The van der Waals surface area contributed by atoms with Crippen molar-refractivity contribution < 1.29 is 17.9 Å². The molecule has 0 fully saturated rings. The van der Waals surface area contributed by atoms with Gasteiger partial charge in [0.2, 0.25) is 0 Å². The lowest BCUT2D eigenvalue weighted by Crippen LogP contribution is -2.08. The van der Waals surface area contributed by atoms with E-state index in [-0.39, 0.29) is 15.5 Å². The molecule has 0 N–H and O–H groups in total. The summed E-state index contributed by atoms with van der Waals surface area (Å²) in [7, 11) is -2.19. The van der Waals surface area contributed by atoms with Crippen molar-refractivity contribution in [3.05, 3.63) is 28.3 Å². The number of rotatable bonds is 7. The van der Waals surface area contributed by atoms with Crippen molar-refractivity contribution in [1.82, 2.24) is 0 Å². The Hall–Kier alpha value is -1.07. The summed E-state index contributed by atoms with van der Waals surface area (Å²) in [6.07, 6.45) is 5.92. The predicted octanol–water partition coefficient (Wildman–Crippen LogP) is 3.65. The van der Waals surface area contributed by atoms with Gasteiger partial charge < -0.3 is 4.74 Å². The maximum atomic E-state index is 11.9. The van der Waals surface area contributed by atoms with Crippen LogP contribution in [0.15, 0.2) is 17.0 Å². The normalized spacial score (nSPS) is 11.4. The minimum Gasteiger partial charge on any atom is -0.465 e. The third-order valence-corrected chi connectivity index (χ3v) is 4.75. The monoisotopic (exact) mass is 332 g/mol. The molecular formula is C15H21ClO4S. The standard InChI is InChI=1S/C15H21ClO4S/c1-4-5-6-7-8-11-9-13(16)12(15(17)20-2)10-14(11)21(3,18)19/h9-10H,4-8H2,1-3H3. The van der Waals surface area contributed by atoms with E-state index >= 15 is 0 Å². The second kappa shape index (κ2) is 7.80. The Morgan fingerprint density at radius 1 is 1.24 bits per heavy atom. The molecule has 0 heterocycles. The summed E-state index contributed by atoms with van der Waals surface area (Å²) in [5, 5.41) is 0.222.